The van der Waals surface area contributed by atoms with Crippen LogP contribution in [0, 0.1) is 0 Å². The van der Waals surface area contributed by atoms with Crippen LogP contribution in [0.4, 0.5) is 0 Å². The molecule has 5 heteroatoms. The van der Waals surface area contributed by atoms with Gasteiger partial charge in [0.2, 0.25) is 0 Å². The lowest BCUT2D eigenvalue weighted by Crippen LogP contribution is -2.20. The summed E-state index contributed by atoms with van der Waals surface area (Å²) >= 11 is 0. The van der Waals surface area contributed by atoms with Crippen LogP contribution in [-0.2, 0) is 9.53 Å². The van der Waals surface area contributed by atoms with Gasteiger partial charge in [0.25, 0.3) is 0 Å². The molecule has 1 aromatic rings. The highest BCUT2D eigenvalue weighted by Crippen LogP contribution is 2.37. The lowest BCUT2D eigenvalue weighted by Gasteiger charge is -2.28. The molecule has 0 saturated heterocycles. The molecule has 5 nitrogen and oxygen atoms in total. The highest BCUT2D eigenvalue weighted by atomic mass is 16.5. The van der Waals surface area contributed by atoms with E-state index in [2.05, 4.69) is 15.0 Å². The molecule has 0 radical (unpaired) electrons. The summed E-state index contributed by atoms with van der Waals surface area (Å²) in [6.07, 6.45) is 15.8. The first kappa shape index (κ1) is 16.2. The van der Waals surface area contributed by atoms with Crippen LogP contribution in [0.15, 0.2) is 6.08 Å². The zero-order chi connectivity index (χ0) is 16.1. The molecule has 0 N–H and O–H groups in total. The van der Waals surface area contributed by atoms with Crippen LogP contribution in [0.1, 0.15) is 87.6 Å². The molecule has 0 aliphatic heterocycles. The lowest BCUT2D eigenvalue weighted by molar-refractivity contribution is -0.134. The van der Waals surface area contributed by atoms with Crippen molar-refractivity contribution in [3.05, 3.63) is 17.5 Å². The summed E-state index contributed by atoms with van der Waals surface area (Å²) in [6, 6.07) is 0.480. The van der Waals surface area contributed by atoms with E-state index in [9.17, 15) is 4.79 Å². The number of methoxy groups -OCH3 is 1. The van der Waals surface area contributed by atoms with E-state index in [1.54, 1.807) is 6.08 Å². The molecule has 0 aromatic carbocycles. The number of ether oxygens (including phenoxy) is 1. The molecule has 2 aliphatic carbocycles. The number of carbonyl (C=O) groups is 1. The van der Waals surface area contributed by atoms with Crippen LogP contribution in [-0.4, -0.2) is 28.1 Å². The minimum atomic E-state index is -0.341. The van der Waals surface area contributed by atoms with Crippen molar-refractivity contribution in [2.24, 2.45) is 0 Å². The quantitative estimate of drug-likeness (QED) is 0.622. The van der Waals surface area contributed by atoms with Gasteiger partial charge >= 0.3 is 5.97 Å². The Hall–Kier alpha value is -1.65. The van der Waals surface area contributed by atoms with E-state index in [0.29, 0.717) is 12.0 Å². The molecule has 126 valence electrons. The third-order valence-corrected chi connectivity index (χ3v) is 5.25. The zero-order valence-corrected chi connectivity index (χ0v) is 14.0. The molecule has 0 atom stereocenters. The Morgan fingerprint density at radius 2 is 1.74 bits per heavy atom. The Bertz CT molecular complexity index is 553. The SMILES string of the molecule is COC(=O)/C=C/c1nnn(C2CCCCC2)c1C1CCCCC1. The molecule has 0 unspecified atom stereocenters. The number of hydrogen-bond acceptors (Lipinski definition) is 4. The highest BCUT2D eigenvalue weighted by Gasteiger charge is 2.27. The number of carbonyl (C=O) groups excluding carboxylic acids is 1. The molecule has 23 heavy (non-hydrogen) atoms. The molecule has 0 spiro atoms. The number of nitrogens with zero attached hydrogens (tertiary/aromatic N) is 3. The van der Waals surface area contributed by atoms with E-state index in [-0.39, 0.29) is 5.97 Å². The standard InChI is InChI=1S/C18H27N3O2/c1-23-17(22)13-12-16-18(14-8-4-2-5-9-14)21(20-19-16)15-10-6-3-7-11-15/h12-15H,2-11H2,1H3/b13-12+. The monoisotopic (exact) mass is 317 g/mol. The van der Waals surface area contributed by atoms with Crippen molar-refractivity contribution in [3.63, 3.8) is 0 Å². The van der Waals surface area contributed by atoms with Gasteiger partial charge < -0.3 is 4.74 Å². The van der Waals surface area contributed by atoms with E-state index in [0.717, 1.165) is 5.69 Å². The average Bonchev–Trinajstić information content (AvgIpc) is 3.05. The summed E-state index contributed by atoms with van der Waals surface area (Å²) in [7, 11) is 1.40. The van der Waals surface area contributed by atoms with Crippen LogP contribution < -0.4 is 0 Å². The molecule has 1 aromatic heterocycles. The third kappa shape index (κ3) is 3.82. The number of esters is 1. The van der Waals surface area contributed by atoms with Crippen LogP contribution in [0.5, 0.6) is 0 Å². The Morgan fingerprint density at radius 3 is 2.39 bits per heavy atom. The largest absolute Gasteiger partial charge is 0.466 e. The molecule has 2 fully saturated rings. The van der Waals surface area contributed by atoms with Gasteiger partial charge in [-0.3, -0.25) is 0 Å². The second kappa shape index (κ2) is 7.75. The average molecular weight is 317 g/mol. The normalized spacial score (nSPS) is 20.9. The van der Waals surface area contributed by atoms with Crippen molar-refractivity contribution in [1.29, 1.82) is 0 Å². The molecule has 0 bridgehead atoms. The Morgan fingerprint density at radius 1 is 1.09 bits per heavy atom. The maximum Gasteiger partial charge on any atom is 0.330 e. The summed E-state index contributed by atoms with van der Waals surface area (Å²) in [5.41, 5.74) is 2.10. The highest BCUT2D eigenvalue weighted by molar-refractivity contribution is 5.86. The first-order valence-electron chi connectivity index (χ1n) is 9.00. The number of rotatable bonds is 4. The van der Waals surface area contributed by atoms with Gasteiger partial charge in [0.15, 0.2) is 0 Å². The molecule has 3 rings (SSSR count). The van der Waals surface area contributed by atoms with Gasteiger partial charge in [-0.05, 0) is 31.8 Å². The topological polar surface area (TPSA) is 57.0 Å². The van der Waals surface area contributed by atoms with Gasteiger partial charge in [-0.15, -0.1) is 5.10 Å². The molecule has 0 amide bonds. The molecule has 2 saturated carbocycles. The Labute approximate surface area is 138 Å². The maximum absolute atomic E-state index is 11.4. The third-order valence-electron chi connectivity index (χ3n) is 5.25. The van der Waals surface area contributed by atoms with Gasteiger partial charge in [0, 0.05) is 12.0 Å². The van der Waals surface area contributed by atoms with Crippen LogP contribution in [0.25, 0.3) is 6.08 Å². The lowest BCUT2D eigenvalue weighted by atomic mass is 9.85. The molecular formula is C18H27N3O2. The summed E-state index contributed by atoms with van der Waals surface area (Å²) in [5, 5.41) is 8.87. The second-order valence-corrected chi connectivity index (χ2v) is 6.79. The van der Waals surface area contributed by atoms with Crippen molar-refractivity contribution in [2.75, 3.05) is 7.11 Å². The van der Waals surface area contributed by atoms with Gasteiger partial charge in [-0.1, -0.05) is 43.7 Å². The fraction of sp³-hybridized carbons (Fsp3) is 0.722. The predicted octanol–water partition coefficient (Wildman–Crippen LogP) is 4.02. The van der Waals surface area contributed by atoms with Crippen molar-refractivity contribution in [1.82, 2.24) is 15.0 Å². The van der Waals surface area contributed by atoms with E-state index < -0.39 is 0 Å². The minimum absolute atomic E-state index is 0.341. The smallest absolute Gasteiger partial charge is 0.330 e. The fourth-order valence-corrected chi connectivity index (χ4v) is 4.01. The second-order valence-electron chi connectivity index (χ2n) is 6.79. The minimum Gasteiger partial charge on any atom is -0.466 e. The van der Waals surface area contributed by atoms with Crippen LogP contribution in [0.2, 0.25) is 0 Å². The predicted molar refractivity (Wildman–Crippen MR) is 89.0 cm³/mol. The van der Waals surface area contributed by atoms with E-state index in [1.807, 2.05) is 0 Å². The zero-order valence-electron chi connectivity index (χ0n) is 14.0. The maximum atomic E-state index is 11.4. The summed E-state index contributed by atoms with van der Waals surface area (Å²) < 4.78 is 6.89. The Kier molecular flexibility index (Phi) is 5.47. The van der Waals surface area contributed by atoms with Gasteiger partial charge in [-0.25, -0.2) is 9.48 Å². The number of hydrogen-bond donors (Lipinski definition) is 0. The fourth-order valence-electron chi connectivity index (χ4n) is 4.01. The van der Waals surface area contributed by atoms with Gasteiger partial charge in [0.05, 0.1) is 18.8 Å². The van der Waals surface area contributed by atoms with Crippen molar-refractivity contribution in [2.45, 2.75) is 76.2 Å². The first-order valence-corrected chi connectivity index (χ1v) is 9.00. The van der Waals surface area contributed by atoms with E-state index in [1.165, 1.54) is 83.1 Å². The molecular weight excluding hydrogens is 290 g/mol. The number of aromatic nitrogens is 3. The summed E-state index contributed by atoms with van der Waals surface area (Å²) in [4.78, 5) is 11.4. The van der Waals surface area contributed by atoms with Crippen molar-refractivity contribution < 1.29 is 9.53 Å². The van der Waals surface area contributed by atoms with Crippen LogP contribution in [0.3, 0.4) is 0 Å². The van der Waals surface area contributed by atoms with Crippen LogP contribution >= 0.6 is 0 Å². The van der Waals surface area contributed by atoms with Crippen molar-refractivity contribution in [3.8, 4) is 0 Å². The molecule has 2 aliphatic rings. The van der Waals surface area contributed by atoms with Gasteiger partial charge in [-0.2, -0.15) is 0 Å². The summed E-state index contributed by atoms with van der Waals surface area (Å²) in [6.45, 7) is 0. The van der Waals surface area contributed by atoms with Gasteiger partial charge in [0.1, 0.15) is 5.69 Å². The molecule has 1 heterocycles. The summed E-state index contributed by atoms with van der Waals surface area (Å²) in [5.74, 6) is 0.185. The van der Waals surface area contributed by atoms with Crippen molar-refractivity contribution >= 4 is 12.0 Å². The Balaban J connectivity index is 1.90. The van der Waals surface area contributed by atoms with E-state index in [4.69, 9.17) is 4.74 Å². The van der Waals surface area contributed by atoms with E-state index >= 15 is 0 Å². The first-order chi connectivity index (χ1) is 11.3.